The van der Waals surface area contributed by atoms with Gasteiger partial charge < -0.3 is 15.4 Å². The normalized spacial score (nSPS) is 10.2. The number of anilines is 1. The Hall–Kier alpha value is -2.20. The first-order chi connectivity index (χ1) is 10.0. The maximum absolute atomic E-state index is 7.40. The van der Waals surface area contributed by atoms with Crippen molar-refractivity contribution in [1.82, 2.24) is 0 Å². The molecule has 0 spiro atoms. The summed E-state index contributed by atoms with van der Waals surface area (Å²) in [6.45, 7) is 0.670. The maximum Gasteiger partial charge on any atom is 0.123 e. The van der Waals surface area contributed by atoms with E-state index in [0.29, 0.717) is 17.1 Å². The van der Waals surface area contributed by atoms with Crippen molar-refractivity contribution in [2.75, 3.05) is 19.1 Å². The maximum atomic E-state index is 7.40. The van der Waals surface area contributed by atoms with E-state index < -0.39 is 0 Å². The average molecular weight is 304 g/mol. The summed E-state index contributed by atoms with van der Waals surface area (Å²) in [5.41, 5.74) is 8.22. The number of benzene rings is 2. The molecule has 3 N–H and O–H groups in total. The fourth-order valence-electron chi connectivity index (χ4n) is 2.11. The van der Waals surface area contributed by atoms with Crippen LogP contribution in [0.25, 0.3) is 0 Å². The van der Waals surface area contributed by atoms with Crippen LogP contribution in [0.5, 0.6) is 5.75 Å². The lowest BCUT2D eigenvalue weighted by Crippen LogP contribution is -2.17. The van der Waals surface area contributed by atoms with Crippen molar-refractivity contribution in [3.8, 4) is 5.75 Å². The molecule has 2 aromatic rings. The van der Waals surface area contributed by atoms with Crippen LogP contribution in [0.3, 0.4) is 0 Å². The monoisotopic (exact) mass is 303 g/mol. The Labute approximate surface area is 129 Å². The molecule has 0 amide bonds. The molecule has 0 unspecified atom stereocenters. The first kappa shape index (κ1) is 15.2. The van der Waals surface area contributed by atoms with Crippen molar-refractivity contribution in [2.24, 2.45) is 5.73 Å². The molecule has 0 saturated heterocycles. The molecule has 0 aliphatic carbocycles. The predicted octanol–water partition coefficient (Wildman–Crippen LogP) is 3.27. The van der Waals surface area contributed by atoms with Gasteiger partial charge in [-0.3, -0.25) is 5.41 Å². The lowest BCUT2D eigenvalue weighted by Gasteiger charge is -2.21. The summed E-state index contributed by atoms with van der Waals surface area (Å²) >= 11 is 6.05. The Morgan fingerprint density at radius 2 is 1.90 bits per heavy atom. The van der Waals surface area contributed by atoms with Gasteiger partial charge in [-0.25, -0.2) is 0 Å². The van der Waals surface area contributed by atoms with Gasteiger partial charge in [0.1, 0.15) is 11.6 Å². The number of nitrogen functional groups attached to an aromatic ring is 1. The third kappa shape index (κ3) is 3.67. The number of nitrogens with zero attached hydrogens (tertiary/aromatic N) is 1. The summed E-state index contributed by atoms with van der Waals surface area (Å²) < 4.78 is 5.36. The highest BCUT2D eigenvalue weighted by Crippen LogP contribution is 2.25. The fraction of sp³-hybridized carbons (Fsp3) is 0.188. The second-order valence-corrected chi connectivity index (χ2v) is 5.21. The van der Waals surface area contributed by atoms with Gasteiger partial charge in [0.25, 0.3) is 0 Å². The topological polar surface area (TPSA) is 62.3 Å². The van der Waals surface area contributed by atoms with E-state index in [1.807, 2.05) is 49.5 Å². The minimum Gasteiger partial charge on any atom is -0.496 e. The van der Waals surface area contributed by atoms with E-state index in [4.69, 9.17) is 27.5 Å². The highest BCUT2D eigenvalue weighted by atomic mass is 35.5. The summed E-state index contributed by atoms with van der Waals surface area (Å²) in [5.74, 6) is 0.882. The van der Waals surface area contributed by atoms with Crippen LogP contribution in [-0.2, 0) is 6.54 Å². The van der Waals surface area contributed by atoms with Crippen molar-refractivity contribution >= 4 is 23.1 Å². The van der Waals surface area contributed by atoms with Crippen LogP contribution in [0, 0.1) is 5.41 Å². The molecule has 0 atom stereocenters. The van der Waals surface area contributed by atoms with E-state index >= 15 is 0 Å². The van der Waals surface area contributed by atoms with Crippen LogP contribution in [-0.4, -0.2) is 20.0 Å². The average Bonchev–Trinajstić information content (AvgIpc) is 2.47. The zero-order chi connectivity index (χ0) is 15.4. The summed E-state index contributed by atoms with van der Waals surface area (Å²) in [6.07, 6.45) is 0. The van der Waals surface area contributed by atoms with Crippen molar-refractivity contribution in [2.45, 2.75) is 6.54 Å². The number of ether oxygens (including phenoxy) is 1. The first-order valence-corrected chi connectivity index (χ1v) is 6.87. The molecule has 2 rings (SSSR count). The van der Waals surface area contributed by atoms with Crippen LogP contribution in [0.1, 0.15) is 11.1 Å². The van der Waals surface area contributed by atoms with Gasteiger partial charge in [-0.15, -0.1) is 0 Å². The third-order valence-electron chi connectivity index (χ3n) is 3.27. The summed E-state index contributed by atoms with van der Waals surface area (Å²) in [4.78, 5) is 2.08. The van der Waals surface area contributed by atoms with Crippen molar-refractivity contribution in [3.63, 3.8) is 0 Å². The van der Waals surface area contributed by atoms with Crippen molar-refractivity contribution in [3.05, 3.63) is 58.6 Å². The van der Waals surface area contributed by atoms with Gasteiger partial charge in [0, 0.05) is 35.4 Å². The molecule has 0 fully saturated rings. The van der Waals surface area contributed by atoms with Gasteiger partial charge in [0.2, 0.25) is 0 Å². The molecule has 0 saturated carbocycles. The summed E-state index contributed by atoms with van der Waals surface area (Å²) in [6, 6.07) is 13.1. The van der Waals surface area contributed by atoms with Gasteiger partial charge >= 0.3 is 0 Å². The van der Waals surface area contributed by atoms with E-state index in [2.05, 4.69) is 4.90 Å². The second kappa shape index (κ2) is 6.50. The fourth-order valence-corrected chi connectivity index (χ4v) is 2.31. The smallest absolute Gasteiger partial charge is 0.123 e. The Balaban J connectivity index is 2.19. The van der Waals surface area contributed by atoms with Crippen LogP contribution in [0.2, 0.25) is 5.02 Å². The van der Waals surface area contributed by atoms with Crippen LogP contribution >= 0.6 is 11.6 Å². The van der Waals surface area contributed by atoms with Gasteiger partial charge in [-0.2, -0.15) is 0 Å². The molecule has 0 bridgehead atoms. The van der Waals surface area contributed by atoms with Gasteiger partial charge in [0.15, 0.2) is 0 Å². The predicted molar refractivity (Wildman–Crippen MR) is 87.6 cm³/mol. The minimum absolute atomic E-state index is 0.0701. The molecule has 4 nitrogen and oxygen atoms in total. The molecule has 21 heavy (non-hydrogen) atoms. The standard InChI is InChI=1S/C16H18ClN3O/c1-20(14-6-3-11(4-7-14)16(18)19)10-12-9-13(17)5-8-15(12)21-2/h3-9H,10H2,1-2H3,(H3,18,19). The van der Waals surface area contributed by atoms with Gasteiger partial charge in [-0.05, 0) is 42.5 Å². The quantitative estimate of drug-likeness (QED) is 0.658. The number of amidine groups is 1. The van der Waals surface area contributed by atoms with Gasteiger partial charge in [0.05, 0.1) is 7.11 Å². The first-order valence-electron chi connectivity index (χ1n) is 6.49. The SMILES string of the molecule is COc1ccc(Cl)cc1CN(C)c1ccc(C(=N)N)cc1. The van der Waals surface area contributed by atoms with Crippen LogP contribution in [0.4, 0.5) is 5.69 Å². The number of methoxy groups -OCH3 is 1. The van der Waals surface area contributed by atoms with Crippen molar-refractivity contribution in [1.29, 1.82) is 5.41 Å². The van der Waals surface area contributed by atoms with E-state index in [-0.39, 0.29) is 5.84 Å². The van der Waals surface area contributed by atoms with Gasteiger partial charge in [-0.1, -0.05) is 11.6 Å². The zero-order valence-electron chi connectivity index (χ0n) is 12.1. The summed E-state index contributed by atoms with van der Waals surface area (Å²) in [5, 5.41) is 8.09. The number of nitrogens with one attached hydrogen (secondary N) is 1. The molecule has 2 aromatic carbocycles. The summed E-state index contributed by atoms with van der Waals surface area (Å²) in [7, 11) is 3.64. The highest BCUT2D eigenvalue weighted by Gasteiger charge is 2.08. The van der Waals surface area contributed by atoms with E-state index in [1.54, 1.807) is 7.11 Å². The van der Waals surface area contributed by atoms with E-state index in [0.717, 1.165) is 17.0 Å². The van der Waals surface area contributed by atoms with E-state index in [9.17, 15) is 0 Å². The number of halogens is 1. The third-order valence-corrected chi connectivity index (χ3v) is 3.50. The Kier molecular flexibility index (Phi) is 4.70. The van der Waals surface area contributed by atoms with Crippen LogP contribution in [0.15, 0.2) is 42.5 Å². The molecule has 0 heterocycles. The van der Waals surface area contributed by atoms with Crippen LogP contribution < -0.4 is 15.4 Å². The number of hydrogen-bond acceptors (Lipinski definition) is 3. The second-order valence-electron chi connectivity index (χ2n) is 4.77. The molecule has 0 aromatic heterocycles. The molecular formula is C16H18ClN3O. The van der Waals surface area contributed by atoms with E-state index in [1.165, 1.54) is 0 Å². The lowest BCUT2D eigenvalue weighted by molar-refractivity contribution is 0.409. The molecule has 110 valence electrons. The number of rotatable bonds is 5. The lowest BCUT2D eigenvalue weighted by atomic mass is 10.1. The Bertz CT molecular complexity index is 640. The zero-order valence-corrected chi connectivity index (χ0v) is 12.8. The number of nitrogens with two attached hydrogens (primary N) is 1. The highest BCUT2D eigenvalue weighted by molar-refractivity contribution is 6.30. The largest absolute Gasteiger partial charge is 0.496 e. The Morgan fingerprint density at radius 3 is 2.48 bits per heavy atom. The minimum atomic E-state index is 0.0701. The van der Waals surface area contributed by atoms with Crippen molar-refractivity contribution < 1.29 is 4.74 Å². The Morgan fingerprint density at radius 1 is 1.24 bits per heavy atom. The number of hydrogen-bond donors (Lipinski definition) is 2. The molecular weight excluding hydrogens is 286 g/mol. The molecule has 5 heteroatoms. The molecule has 0 aliphatic rings. The molecule has 0 radical (unpaired) electrons. The molecule has 0 aliphatic heterocycles.